The lowest BCUT2D eigenvalue weighted by atomic mass is 10.0. The van der Waals surface area contributed by atoms with E-state index in [0.717, 1.165) is 11.1 Å². The predicted octanol–water partition coefficient (Wildman–Crippen LogP) is 1.40. The number of aliphatic hydroxyl groups is 1. The Morgan fingerprint density at radius 3 is 2.88 bits per heavy atom. The van der Waals surface area contributed by atoms with Gasteiger partial charge in [0.2, 0.25) is 0 Å². The van der Waals surface area contributed by atoms with E-state index in [4.69, 9.17) is 0 Å². The van der Waals surface area contributed by atoms with Crippen molar-refractivity contribution in [3.63, 3.8) is 0 Å². The molecule has 0 aliphatic carbocycles. The first-order chi connectivity index (χ1) is 8.06. The molecule has 1 aromatic carbocycles. The van der Waals surface area contributed by atoms with Crippen LogP contribution in [0, 0.1) is 18.3 Å². The number of hydrogen-bond donors (Lipinski definition) is 1. The van der Waals surface area contributed by atoms with Gasteiger partial charge in [-0.2, -0.15) is 5.26 Å². The van der Waals surface area contributed by atoms with Crippen LogP contribution in [0.15, 0.2) is 18.2 Å². The summed E-state index contributed by atoms with van der Waals surface area (Å²) in [5.41, 5.74) is 2.23. The molecule has 0 fully saturated rings. The first-order valence-electron chi connectivity index (χ1n) is 5.54. The number of amides is 1. The molecule has 17 heavy (non-hydrogen) atoms. The molecular weight excluding hydrogens is 216 g/mol. The van der Waals surface area contributed by atoms with Crippen LogP contribution in [-0.2, 0) is 0 Å². The van der Waals surface area contributed by atoms with E-state index in [0.29, 0.717) is 5.56 Å². The quantitative estimate of drug-likeness (QED) is 0.835. The van der Waals surface area contributed by atoms with E-state index >= 15 is 0 Å². The number of nitriles is 1. The van der Waals surface area contributed by atoms with Gasteiger partial charge in [0, 0.05) is 17.7 Å². The number of β-amino-alcohol motifs (C(OH)–C–C–N with tert-alkyl or cyclic N) is 1. The third-order valence-electron chi connectivity index (χ3n) is 2.97. The highest BCUT2D eigenvalue weighted by molar-refractivity contribution is 6.01. The maximum atomic E-state index is 12.2. The van der Waals surface area contributed by atoms with Gasteiger partial charge in [-0.3, -0.25) is 4.79 Å². The molecule has 2 rings (SSSR count). The largest absolute Gasteiger partial charge is 0.392 e. The zero-order valence-corrected chi connectivity index (χ0v) is 9.84. The van der Waals surface area contributed by atoms with Gasteiger partial charge in [-0.05, 0) is 19.4 Å². The van der Waals surface area contributed by atoms with E-state index in [-0.39, 0.29) is 12.5 Å². The Morgan fingerprint density at radius 2 is 2.29 bits per heavy atom. The molecule has 1 aliphatic rings. The van der Waals surface area contributed by atoms with Crippen molar-refractivity contribution >= 4 is 5.91 Å². The third-order valence-corrected chi connectivity index (χ3v) is 2.97. The Kier molecular flexibility index (Phi) is 2.86. The van der Waals surface area contributed by atoms with Crippen LogP contribution in [0.2, 0.25) is 0 Å². The second-order valence-electron chi connectivity index (χ2n) is 4.38. The molecule has 4 nitrogen and oxygen atoms in total. The summed E-state index contributed by atoms with van der Waals surface area (Å²) in [7, 11) is 0. The van der Waals surface area contributed by atoms with Crippen molar-refractivity contribution in [2.45, 2.75) is 26.0 Å². The third kappa shape index (κ3) is 1.79. The van der Waals surface area contributed by atoms with Crippen LogP contribution in [0.25, 0.3) is 0 Å². The van der Waals surface area contributed by atoms with Crippen molar-refractivity contribution in [1.29, 1.82) is 5.26 Å². The van der Waals surface area contributed by atoms with Gasteiger partial charge in [0.05, 0.1) is 12.2 Å². The zero-order valence-electron chi connectivity index (χ0n) is 9.84. The number of hydrogen-bond acceptors (Lipinski definition) is 3. The van der Waals surface area contributed by atoms with Gasteiger partial charge in [-0.15, -0.1) is 0 Å². The fraction of sp³-hybridized carbons (Fsp3) is 0.385. The molecule has 0 radical (unpaired) electrons. The molecule has 1 aromatic rings. The average Bonchev–Trinajstić information content (AvgIpc) is 2.53. The second-order valence-corrected chi connectivity index (χ2v) is 4.38. The minimum atomic E-state index is -0.635. The molecule has 2 unspecified atom stereocenters. The SMILES string of the molecule is Cc1cccc2c1C(=O)N(CC(C)O)C2C#N. The standard InChI is InChI=1S/C13H14N2O2/c1-8-4-3-5-10-11(6-14)15(7-9(2)16)13(17)12(8)10/h3-5,9,11,16H,7H2,1-2H3. The minimum absolute atomic E-state index is 0.162. The second kappa shape index (κ2) is 4.19. The Balaban J connectivity index is 2.48. The molecule has 88 valence electrons. The topological polar surface area (TPSA) is 64.3 Å². The molecule has 0 saturated heterocycles. The highest BCUT2D eigenvalue weighted by Gasteiger charge is 2.37. The van der Waals surface area contributed by atoms with E-state index in [2.05, 4.69) is 6.07 Å². The van der Waals surface area contributed by atoms with Crippen LogP contribution >= 0.6 is 0 Å². The van der Waals surface area contributed by atoms with E-state index in [1.807, 2.05) is 19.1 Å². The molecule has 1 amide bonds. The fourth-order valence-electron chi connectivity index (χ4n) is 2.25. The maximum Gasteiger partial charge on any atom is 0.255 e. The number of carbonyl (C=O) groups is 1. The first kappa shape index (κ1) is 11.6. The first-order valence-corrected chi connectivity index (χ1v) is 5.54. The lowest BCUT2D eigenvalue weighted by Gasteiger charge is -2.21. The van der Waals surface area contributed by atoms with Gasteiger partial charge >= 0.3 is 0 Å². The minimum Gasteiger partial charge on any atom is -0.392 e. The summed E-state index contributed by atoms with van der Waals surface area (Å²) in [4.78, 5) is 13.6. The highest BCUT2D eigenvalue weighted by atomic mass is 16.3. The monoisotopic (exact) mass is 230 g/mol. The molecule has 0 aromatic heterocycles. The molecule has 4 heteroatoms. The average molecular weight is 230 g/mol. The van der Waals surface area contributed by atoms with Crippen molar-refractivity contribution in [3.05, 3.63) is 34.9 Å². The summed E-state index contributed by atoms with van der Waals surface area (Å²) in [6.07, 6.45) is -0.635. The summed E-state index contributed by atoms with van der Waals surface area (Å²) in [5.74, 6) is -0.162. The van der Waals surface area contributed by atoms with Gasteiger partial charge in [-0.1, -0.05) is 18.2 Å². The van der Waals surface area contributed by atoms with Crippen molar-refractivity contribution in [2.24, 2.45) is 0 Å². The molecule has 1 N–H and O–H groups in total. The van der Waals surface area contributed by atoms with Crippen LogP contribution in [0.3, 0.4) is 0 Å². The lowest BCUT2D eigenvalue weighted by molar-refractivity contribution is 0.0641. The van der Waals surface area contributed by atoms with Gasteiger partial charge < -0.3 is 10.0 Å². The van der Waals surface area contributed by atoms with Gasteiger partial charge in [0.1, 0.15) is 6.04 Å². The summed E-state index contributed by atoms with van der Waals surface area (Å²) in [5, 5.41) is 18.6. The lowest BCUT2D eigenvalue weighted by Crippen LogP contribution is -2.33. The molecule has 1 heterocycles. The van der Waals surface area contributed by atoms with Crippen molar-refractivity contribution in [2.75, 3.05) is 6.54 Å². The van der Waals surface area contributed by atoms with E-state index in [9.17, 15) is 15.2 Å². The number of carbonyl (C=O) groups excluding carboxylic acids is 1. The summed E-state index contributed by atoms with van der Waals surface area (Å²) in [6.45, 7) is 3.65. The Hall–Kier alpha value is -1.86. The Labute approximate surface area is 100 Å². The molecule has 0 saturated carbocycles. The van der Waals surface area contributed by atoms with E-state index in [1.54, 1.807) is 13.0 Å². The van der Waals surface area contributed by atoms with Gasteiger partial charge in [0.15, 0.2) is 0 Å². The molecular formula is C13H14N2O2. The molecule has 2 atom stereocenters. The van der Waals surface area contributed by atoms with Crippen molar-refractivity contribution in [3.8, 4) is 6.07 Å². The smallest absolute Gasteiger partial charge is 0.255 e. The number of rotatable bonds is 2. The molecule has 1 aliphatic heterocycles. The normalized spacial score (nSPS) is 20.0. The van der Waals surface area contributed by atoms with Gasteiger partial charge in [0.25, 0.3) is 5.91 Å². The zero-order chi connectivity index (χ0) is 12.6. The predicted molar refractivity (Wildman–Crippen MR) is 62.3 cm³/mol. The summed E-state index contributed by atoms with van der Waals surface area (Å²) < 4.78 is 0. The fourth-order valence-corrected chi connectivity index (χ4v) is 2.25. The number of aryl methyl sites for hydroxylation is 1. The number of nitrogens with zero attached hydrogens (tertiary/aromatic N) is 2. The van der Waals surface area contributed by atoms with Crippen molar-refractivity contribution < 1.29 is 9.90 Å². The van der Waals surface area contributed by atoms with Crippen LogP contribution in [0.4, 0.5) is 0 Å². The van der Waals surface area contributed by atoms with Crippen LogP contribution in [0.5, 0.6) is 0 Å². The van der Waals surface area contributed by atoms with E-state index in [1.165, 1.54) is 4.90 Å². The Morgan fingerprint density at radius 1 is 1.59 bits per heavy atom. The summed E-state index contributed by atoms with van der Waals surface area (Å²) in [6, 6.07) is 7.06. The van der Waals surface area contributed by atoms with Gasteiger partial charge in [-0.25, -0.2) is 0 Å². The number of benzene rings is 1. The molecule has 0 spiro atoms. The molecule has 0 bridgehead atoms. The number of aliphatic hydroxyl groups excluding tert-OH is 1. The van der Waals surface area contributed by atoms with E-state index < -0.39 is 12.1 Å². The number of fused-ring (bicyclic) bond motifs is 1. The Bertz CT molecular complexity index is 503. The van der Waals surface area contributed by atoms with Crippen LogP contribution in [-0.4, -0.2) is 28.6 Å². The summed E-state index contributed by atoms with van der Waals surface area (Å²) >= 11 is 0. The maximum absolute atomic E-state index is 12.2. The highest BCUT2D eigenvalue weighted by Crippen LogP contribution is 2.34. The van der Waals surface area contributed by atoms with Crippen LogP contribution in [0.1, 0.15) is 34.5 Å². The van der Waals surface area contributed by atoms with Crippen LogP contribution < -0.4 is 0 Å². The van der Waals surface area contributed by atoms with Crippen molar-refractivity contribution in [1.82, 2.24) is 4.90 Å².